The Morgan fingerprint density at radius 3 is 2.41 bits per heavy atom. The van der Waals surface area contributed by atoms with Gasteiger partial charge in [0.1, 0.15) is 0 Å². The molecule has 0 aliphatic rings. The fourth-order valence-electron chi connectivity index (χ4n) is 2.39. The minimum absolute atomic E-state index is 0.00396. The van der Waals surface area contributed by atoms with Crippen molar-refractivity contribution in [2.75, 3.05) is 13.1 Å². The highest BCUT2D eigenvalue weighted by atomic mass is 16.2. The van der Waals surface area contributed by atoms with E-state index in [1.165, 1.54) is 5.56 Å². The van der Waals surface area contributed by atoms with Crippen LogP contribution in [-0.2, 0) is 6.42 Å². The molecule has 2 aromatic rings. The summed E-state index contributed by atoms with van der Waals surface area (Å²) in [6, 6.07) is 19.8. The molecule has 22 heavy (non-hydrogen) atoms. The van der Waals surface area contributed by atoms with Gasteiger partial charge in [-0.3, -0.25) is 4.79 Å². The van der Waals surface area contributed by atoms with Gasteiger partial charge >= 0.3 is 0 Å². The molecule has 3 heteroatoms. The standard InChI is InChI=1S/C19H20N2O/c1-16-8-5-6-11-18(16)19(22)21(14-7-13-20)15-12-17-9-3-2-4-10-17/h2-6,8-11H,7,12,14-15H2,1H3. The first-order valence-electron chi connectivity index (χ1n) is 7.48. The van der Waals surface area contributed by atoms with Gasteiger partial charge in [0.15, 0.2) is 0 Å². The molecule has 0 fully saturated rings. The summed E-state index contributed by atoms with van der Waals surface area (Å²) in [6.07, 6.45) is 1.15. The van der Waals surface area contributed by atoms with Crippen LogP contribution >= 0.6 is 0 Å². The molecule has 0 radical (unpaired) electrons. The lowest BCUT2D eigenvalue weighted by atomic mass is 10.1. The van der Waals surface area contributed by atoms with Gasteiger partial charge in [-0.25, -0.2) is 0 Å². The zero-order valence-electron chi connectivity index (χ0n) is 12.8. The topological polar surface area (TPSA) is 44.1 Å². The fourth-order valence-corrected chi connectivity index (χ4v) is 2.39. The molecule has 0 aromatic heterocycles. The van der Waals surface area contributed by atoms with Gasteiger partial charge in [0.05, 0.1) is 12.5 Å². The minimum atomic E-state index is 0.00396. The number of rotatable bonds is 6. The maximum absolute atomic E-state index is 12.7. The number of carbonyl (C=O) groups excluding carboxylic acids is 1. The Balaban J connectivity index is 2.10. The summed E-state index contributed by atoms with van der Waals surface area (Å²) in [7, 11) is 0. The third-order valence-electron chi connectivity index (χ3n) is 3.67. The van der Waals surface area contributed by atoms with Crippen LogP contribution in [0.5, 0.6) is 0 Å². The molecule has 0 N–H and O–H groups in total. The number of benzene rings is 2. The van der Waals surface area contributed by atoms with Crippen molar-refractivity contribution in [3.05, 3.63) is 71.3 Å². The van der Waals surface area contributed by atoms with Crippen LogP contribution in [0, 0.1) is 18.3 Å². The monoisotopic (exact) mass is 292 g/mol. The van der Waals surface area contributed by atoms with Crippen molar-refractivity contribution >= 4 is 5.91 Å². The molecule has 1 amide bonds. The van der Waals surface area contributed by atoms with Gasteiger partial charge in [-0.2, -0.15) is 5.26 Å². The summed E-state index contributed by atoms with van der Waals surface area (Å²) in [6.45, 7) is 3.03. The lowest BCUT2D eigenvalue weighted by Gasteiger charge is -2.22. The van der Waals surface area contributed by atoms with E-state index in [-0.39, 0.29) is 5.91 Å². The Morgan fingerprint density at radius 2 is 1.73 bits per heavy atom. The zero-order valence-corrected chi connectivity index (χ0v) is 12.8. The number of nitrogens with zero attached hydrogens (tertiary/aromatic N) is 2. The number of aryl methyl sites for hydroxylation is 1. The van der Waals surface area contributed by atoms with Gasteiger partial charge in [-0.05, 0) is 30.5 Å². The number of hydrogen-bond donors (Lipinski definition) is 0. The summed E-state index contributed by atoms with van der Waals surface area (Å²) < 4.78 is 0. The summed E-state index contributed by atoms with van der Waals surface area (Å²) in [4.78, 5) is 14.5. The van der Waals surface area contributed by atoms with E-state index in [9.17, 15) is 4.79 Å². The number of amides is 1. The van der Waals surface area contributed by atoms with Crippen molar-refractivity contribution < 1.29 is 4.79 Å². The molecule has 0 spiro atoms. The first kappa shape index (κ1) is 15.8. The maximum Gasteiger partial charge on any atom is 0.254 e. The fraction of sp³-hybridized carbons (Fsp3) is 0.263. The van der Waals surface area contributed by atoms with Crippen molar-refractivity contribution in [1.82, 2.24) is 4.90 Å². The van der Waals surface area contributed by atoms with Crippen LogP contribution in [0.25, 0.3) is 0 Å². The number of carbonyl (C=O) groups is 1. The van der Waals surface area contributed by atoms with Crippen LogP contribution in [0.2, 0.25) is 0 Å². The SMILES string of the molecule is Cc1ccccc1C(=O)N(CCC#N)CCc1ccccc1. The second-order valence-corrected chi connectivity index (χ2v) is 5.25. The summed E-state index contributed by atoms with van der Waals surface area (Å²) >= 11 is 0. The molecule has 0 bridgehead atoms. The molecule has 0 heterocycles. The summed E-state index contributed by atoms with van der Waals surface area (Å²) in [5, 5.41) is 8.82. The van der Waals surface area contributed by atoms with E-state index in [0.29, 0.717) is 25.1 Å². The van der Waals surface area contributed by atoms with Gasteiger partial charge < -0.3 is 4.90 Å². The predicted molar refractivity (Wildman–Crippen MR) is 87.5 cm³/mol. The average Bonchev–Trinajstić information content (AvgIpc) is 2.56. The zero-order chi connectivity index (χ0) is 15.8. The first-order valence-corrected chi connectivity index (χ1v) is 7.48. The summed E-state index contributed by atoms with van der Waals surface area (Å²) in [5.41, 5.74) is 2.88. The predicted octanol–water partition coefficient (Wildman–Crippen LogP) is 3.59. The molecule has 3 nitrogen and oxygen atoms in total. The lowest BCUT2D eigenvalue weighted by Crippen LogP contribution is -2.34. The lowest BCUT2D eigenvalue weighted by molar-refractivity contribution is 0.0760. The molecule has 0 saturated carbocycles. The van der Waals surface area contributed by atoms with Crippen LogP contribution in [-0.4, -0.2) is 23.9 Å². The van der Waals surface area contributed by atoms with E-state index in [1.54, 1.807) is 4.90 Å². The van der Waals surface area contributed by atoms with E-state index in [1.807, 2.05) is 49.4 Å². The van der Waals surface area contributed by atoms with Crippen molar-refractivity contribution in [3.8, 4) is 6.07 Å². The number of hydrogen-bond acceptors (Lipinski definition) is 2. The third-order valence-corrected chi connectivity index (χ3v) is 3.67. The number of nitriles is 1. The second-order valence-electron chi connectivity index (χ2n) is 5.25. The first-order chi connectivity index (χ1) is 10.7. The van der Waals surface area contributed by atoms with Gasteiger partial charge in [-0.1, -0.05) is 48.5 Å². The molecule has 0 atom stereocenters. The Bertz CT molecular complexity index is 659. The Morgan fingerprint density at radius 1 is 1.05 bits per heavy atom. The maximum atomic E-state index is 12.7. The van der Waals surface area contributed by atoms with Gasteiger partial charge in [0.2, 0.25) is 0 Å². The van der Waals surface area contributed by atoms with E-state index < -0.39 is 0 Å². The van der Waals surface area contributed by atoms with Crippen LogP contribution in [0.1, 0.15) is 27.9 Å². The molecule has 112 valence electrons. The van der Waals surface area contributed by atoms with Crippen LogP contribution in [0.4, 0.5) is 0 Å². The average molecular weight is 292 g/mol. The molecule has 0 unspecified atom stereocenters. The molecule has 0 saturated heterocycles. The van der Waals surface area contributed by atoms with Crippen molar-refractivity contribution in [2.45, 2.75) is 19.8 Å². The van der Waals surface area contributed by atoms with Gasteiger partial charge in [0.25, 0.3) is 5.91 Å². The molecule has 0 aliphatic heterocycles. The van der Waals surface area contributed by atoms with Crippen molar-refractivity contribution in [3.63, 3.8) is 0 Å². The van der Waals surface area contributed by atoms with Gasteiger partial charge in [0, 0.05) is 18.7 Å². The van der Waals surface area contributed by atoms with E-state index in [2.05, 4.69) is 18.2 Å². The molecular weight excluding hydrogens is 272 g/mol. The smallest absolute Gasteiger partial charge is 0.254 e. The van der Waals surface area contributed by atoms with Gasteiger partial charge in [-0.15, -0.1) is 0 Å². The highest BCUT2D eigenvalue weighted by molar-refractivity contribution is 5.95. The Hall–Kier alpha value is -2.60. The highest BCUT2D eigenvalue weighted by Crippen LogP contribution is 2.12. The van der Waals surface area contributed by atoms with Crippen LogP contribution < -0.4 is 0 Å². The third kappa shape index (κ3) is 4.20. The van der Waals surface area contributed by atoms with E-state index in [4.69, 9.17) is 5.26 Å². The van der Waals surface area contributed by atoms with Crippen molar-refractivity contribution in [2.24, 2.45) is 0 Å². The van der Waals surface area contributed by atoms with Crippen LogP contribution in [0.3, 0.4) is 0 Å². The molecule has 2 aromatic carbocycles. The quantitative estimate of drug-likeness (QED) is 0.816. The Labute approximate surface area is 131 Å². The minimum Gasteiger partial charge on any atom is -0.337 e. The summed E-state index contributed by atoms with van der Waals surface area (Å²) in [5.74, 6) is 0.00396. The Kier molecular flexibility index (Phi) is 5.73. The largest absolute Gasteiger partial charge is 0.337 e. The normalized spacial score (nSPS) is 10.0. The van der Waals surface area contributed by atoms with Crippen LogP contribution in [0.15, 0.2) is 54.6 Å². The second kappa shape index (κ2) is 7.99. The van der Waals surface area contributed by atoms with Crippen molar-refractivity contribution in [1.29, 1.82) is 5.26 Å². The molecule has 0 aliphatic carbocycles. The molecule has 2 rings (SSSR count). The van der Waals surface area contributed by atoms with E-state index in [0.717, 1.165) is 12.0 Å². The highest BCUT2D eigenvalue weighted by Gasteiger charge is 2.16. The molecular formula is C19H20N2O. The van der Waals surface area contributed by atoms with E-state index >= 15 is 0 Å².